The Kier molecular flexibility index (Phi) is 2.51. The number of hydrogen-bond donors (Lipinski definition) is 1. The number of amidine groups is 1. The maximum Gasteiger partial charge on any atom is 0.152 e. The molecule has 0 aromatic heterocycles. The van der Waals surface area contributed by atoms with Gasteiger partial charge in [-0.05, 0) is 25.7 Å². The fourth-order valence-electron chi connectivity index (χ4n) is 1.80. The molecule has 2 fully saturated rings. The highest BCUT2D eigenvalue weighted by atomic mass is 32.2. The van der Waals surface area contributed by atoms with Gasteiger partial charge in [0.15, 0.2) is 9.84 Å². The lowest BCUT2D eigenvalue weighted by Crippen LogP contribution is -2.30. The van der Waals surface area contributed by atoms with Gasteiger partial charge in [-0.25, -0.2) is 8.42 Å². The summed E-state index contributed by atoms with van der Waals surface area (Å²) >= 11 is 0. The van der Waals surface area contributed by atoms with Crippen molar-refractivity contribution in [3.05, 3.63) is 0 Å². The van der Waals surface area contributed by atoms with Gasteiger partial charge in [-0.2, -0.15) is 0 Å². The van der Waals surface area contributed by atoms with E-state index in [1.807, 2.05) is 0 Å². The number of aliphatic imine (C=N–C) groups is 1. The summed E-state index contributed by atoms with van der Waals surface area (Å²) in [7, 11) is -2.85. The van der Waals surface area contributed by atoms with Crippen LogP contribution in [0.5, 0.6) is 0 Å². The van der Waals surface area contributed by atoms with Crippen molar-refractivity contribution in [3.8, 4) is 0 Å². The zero-order valence-corrected chi connectivity index (χ0v) is 8.96. The van der Waals surface area contributed by atoms with Crippen LogP contribution in [0.15, 0.2) is 4.99 Å². The molecule has 1 atom stereocenters. The first-order chi connectivity index (χ1) is 6.57. The van der Waals surface area contributed by atoms with Crippen LogP contribution in [0.2, 0.25) is 0 Å². The van der Waals surface area contributed by atoms with Crippen LogP contribution in [0.4, 0.5) is 0 Å². The van der Waals surface area contributed by atoms with E-state index in [1.165, 1.54) is 0 Å². The molecule has 1 heterocycles. The zero-order chi connectivity index (χ0) is 10.2. The fourth-order valence-corrected chi connectivity index (χ4v) is 3.40. The van der Waals surface area contributed by atoms with E-state index < -0.39 is 9.84 Å². The highest BCUT2D eigenvalue weighted by Gasteiger charge is 2.29. The summed E-state index contributed by atoms with van der Waals surface area (Å²) in [5.74, 6) is 1.63. The van der Waals surface area contributed by atoms with Crippen LogP contribution in [0.25, 0.3) is 0 Å². The Morgan fingerprint density at radius 2 is 2.00 bits per heavy atom. The van der Waals surface area contributed by atoms with Crippen molar-refractivity contribution in [2.75, 3.05) is 11.5 Å². The molecule has 2 N–H and O–H groups in total. The largest absolute Gasteiger partial charge is 0.387 e. The van der Waals surface area contributed by atoms with E-state index in [4.69, 9.17) is 5.73 Å². The van der Waals surface area contributed by atoms with Crippen LogP contribution in [0, 0.1) is 5.92 Å². The van der Waals surface area contributed by atoms with Gasteiger partial charge in [0.2, 0.25) is 0 Å². The van der Waals surface area contributed by atoms with Gasteiger partial charge < -0.3 is 5.73 Å². The Bertz CT molecular complexity index is 344. The number of hydrogen-bond acceptors (Lipinski definition) is 3. The Balaban J connectivity index is 2.00. The highest BCUT2D eigenvalue weighted by Crippen LogP contribution is 2.29. The maximum absolute atomic E-state index is 11.3. The highest BCUT2D eigenvalue weighted by molar-refractivity contribution is 7.91. The zero-order valence-electron chi connectivity index (χ0n) is 8.15. The summed E-state index contributed by atoms with van der Waals surface area (Å²) in [4.78, 5) is 4.31. The minimum Gasteiger partial charge on any atom is -0.387 e. The smallest absolute Gasteiger partial charge is 0.152 e. The molecule has 0 radical (unpaired) electrons. The molecule has 80 valence electrons. The van der Waals surface area contributed by atoms with Gasteiger partial charge in [0.05, 0.1) is 23.4 Å². The molecule has 2 rings (SSSR count). The van der Waals surface area contributed by atoms with Crippen molar-refractivity contribution in [1.29, 1.82) is 0 Å². The summed E-state index contributed by atoms with van der Waals surface area (Å²) in [6.07, 6.45) is 3.84. The molecular weight excluding hydrogens is 200 g/mol. The standard InChI is InChI=1S/C9H16N2O2S/c10-9(7-3-4-7)11-8-2-1-5-14(12,13)6-8/h7-8H,1-6H2,(H2,10,11). The Hall–Kier alpha value is -0.580. The van der Waals surface area contributed by atoms with E-state index >= 15 is 0 Å². The van der Waals surface area contributed by atoms with Crippen LogP contribution < -0.4 is 5.73 Å². The van der Waals surface area contributed by atoms with Gasteiger partial charge in [0, 0.05) is 5.92 Å². The van der Waals surface area contributed by atoms with E-state index in [0.717, 1.165) is 25.7 Å². The molecule has 0 spiro atoms. The number of rotatable bonds is 2. The average Bonchev–Trinajstić information content (AvgIpc) is 2.83. The summed E-state index contributed by atoms with van der Waals surface area (Å²) in [6.45, 7) is 0. The molecule has 0 bridgehead atoms. The van der Waals surface area contributed by atoms with Crippen molar-refractivity contribution in [2.45, 2.75) is 31.7 Å². The van der Waals surface area contributed by atoms with Gasteiger partial charge in [-0.15, -0.1) is 0 Å². The second-order valence-electron chi connectivity index (χ2n) is 4.24. The van der Waals surface area contributed by atoms with E-state index in [1.54, 1.807) is 0 Å². The molecule has 0 aromatic carbocycles. The first-order valence-corrected chi connectivity index (χ1v) is 6.92. The van der Waals surface area contributed by atoms with E-state index in [-0.39, 0.29) is 11.8 Å². The first kappa shape index (κ1) is 9.96. The van der Waals surface area contributed by atoms with E-state index in [0.29, 0.717) is 17.5 Å². The Morgan fingerprint density at radius 1 is 1.29 bits per heavy atom. The lowest BCUT2D eigenvalue weighted by atomic mass is 10.2. The third-order valence-corrected chi connectivity index (χ3v) is 4.57. The second kappa shape index (κ2) is 3.53. The second-order valence-corrected chi connectivity index (χ2v) is 6.47. The first-order valence-electron chi connectivity index (χ1n) is 5.10. The quantitative estimate of drug-likeness (QED) is 0.534. The van der Waals surface area contributed by atoms with Gasteiger partial charge in [-0.3, -0.25) is 4.99 Å². The van der Waals surface area contributed by atoms with Gasteiger partial charge >= 0.3 is 0 Å². The van der Waals surface area contributed by atoms with Gasteiger partial charge in [0.25, 0.3) is 0 Å². The predicted molar refractivity (Wildman–Crippen MR) is 56.0 cm³/mol. The van der Waals surface area contributed by atoms with Crippen LogP contribution in [0.3, 0.4) is 0 Å². The third-order valence-electron chi connectivity index (χ3n) is 2.77. The average molecular weight is 216 g/mol. The minimum atomic E-state index is -2.85. The van der Waals surface area contributed by atoms with Crippen molar-refractivity contribution < 1.29 is 8.42 Å². The Labute approximate surface area is 84.5 Å². The van der Waals surface area contributed by atoms with Crippen LogP contribution >= 0.6 is 0 Å². The molecule has 1 saturated carbocycles. The van der Waals surface area contributed by atoms with Gasteiger partial charge in [0.1, 0.15) is 0 Å². The molecule has 5 heteroatoms. The Morgan fingerprint density at radius 3 is 2.57 bits per heavy atom. The molecule has 0 amide bonds. The number of sulfone groups is 1. The molecule has 14 heavy (non-hydrogen) atoms. The molecule has 2 aliphatic rings. The molecule has 1 unspecified atom stereocenters. The van der Waals surface area contributed by atoms with Crippen LogP contribution in [0.1, 0.15) is 25.7 Å². The number of nitrogens with two attached hydrogens (primary N) is 1. The minimum absolute atomic E-state index is 0.0747. The monoisotopic (exact) mass is 216 g/mol. The molecule has 1 aliphatic heterocycles. The molecular formula is C9H16N2O2S. The van der Waals surface area contributed by atoms with Gasteiger partial charge in [-0.1, -0.05) is 0 Å². The summed E-state index contributed by atoms with van der Waals surface area (Å²) in [5, 5.41) is 0. The lowest BCUT2D eigenvalue weighted by Gasteiger charge is -2.18. The summed E-state index contributed by atoms with van der Waals surface area (Å²) in [6, 6.07) is -0.0747. The van der Waals surface area contributed by atoms with E-state index in [2.05, 4.69) is 4.99 Å². The van der Waals surface area contributed by atoms with Crippen molar-refractivity contribution in [2.24, 2.45) is 16.6 Å². The van der Waals surface area contributed by atoms with Crippen molar-refractivity contribution >= 4 is 15.7 Å². The topological polar surface area (TPSA) is 72.5 Å². The summed E-state index contributed by atoms with van der Waals surface area (Å²) in [5.41, 5.74) is 5.75. The predicted octanol–water partition coefficient (Wildman–Crippen LogP) is 0.331. The fraction of sp³-hybridized carbons (Fsp3) is 0.889. The third kappa shape index (κ3) is 2.47. The SMILES string of the molecule is NC(=NC1CCCS(=O)(=O)C1)C1CC1. The van der Waals surface area contributed by atoms with Crippen LogP contribution in [-0.2, 0) is 9.84 Å². The van der Waals surface area contributed by atoms with Crippen molar-refractivity contribution in [1.82, 2.24) is 0 Å². The normalized spacial score (nSPS) is 32.9. The number of nitrogens with zero attached hydrogens (tertiary/aromatic N) is 1. The molecule has 1 saturated heterocycles. The lowest BCUT2D eigenvalue weighted by molar-refractivity contribution is 0.552. The molecule has 4 nitrogen and oxygen atoms in total. The van der Waals surface area contributed by atoms with Crippen LogP contribution in [-0.4, -0.2) is 31.8 Å². The van der Waals surface area contributed by atoms with E-state index in [9.17, 15) is 8.42 Å². The molecule has 1 aliphatic carbocycles. The summed E-state index contributed by atoms with van der Waals surface area (Å²) < 4.78 is 22.6. The molecule has 0 aromatic rings. The maximum atomic E-state index is 11.3. The van der Waals surface area contributed by atoms with Crippen molar-refractivity contribution in [3.63, 3.8) is 0 Å².